The number of aliphatic hydroxyl groups is 2. The predicted molar refractivity (Wildman–Crippen MR) is 251 cm³/mol. The van der Waals surface area contributed by atoms with Gasteiger partial charge in [-0.05, 0) is 46.9 Å². The van der Waals surface area contributed by atoms with Crippen molar-refractivity contribution in [2.75, 3.05) is 13.2 Å². The maximum Gasteiger partial charge on any atom is 0.297 e. The zero-order valence-electron chi connectivity index (χ0n) is 37.8. The number of ether oxygens (including phenoxy) is 8. The highest BCUT2D eigenvalue weighted by molar-refractivity contribution is 7.86. The molecule has 0 unspecified atom stereocenters. The van der Waals surface area contributed by atoms with E-state index < -0.39 is 78.1 Å². The summed E-state index contributed by atoms with van der Waals surface area (Å²) in [6.07, 6.45) is -12.2. The molecule has 10 atom stereocenters. The van der Waals surface area contributed by atoms with Gasteiger partial charge in [-0.25, -0.2) is 0 Å². The van der Waals surface area contributed by atoms with Gasteiger partial charge < -0.3 is 48.1 Å². The number of hydrogen-bond acceptors (Lipinski definition) is 13. The molecule has 6 aromatic carbocycles. The first kappa shape index (κ1) is 49.3. The van der Waals surface area contributed by atoms with E-state index in [1.165, 1.54) is 12.1 Å². The number of aryl methyl sites for hydroxylation is 1. The van der Waals surface area contributed by atoms with E-state index in [1.54, 1.807) is 12.1 Å². The minimum Gasteiger partial charge on any atom is -0.387 e. The smallest absolute Gasteiger partial charge is 0.297 e. The molecule has 2 aliphatic heterocycles. The van der Waals surface area contributed by atoms with E-state index in [0.29, 0.717) is 0 Å². The minimum atomic E-state index is -4.31. The maximum absolute atomic E-state index is 13.6. The molecule has 0 spiro atoms. The van der Waals surface area contributed by atoms with Crippen LogP contribution in [0.3, 0.4) is 0 Å². The molecule has 0 aromatic heterocycles. The third-order valence-corrected chi connectivity index (χ3v) is 13.0. The lowest BCUT2D eigenvalue weighted by atomic mass is 9.96. The zero-order valence-corrected chi connectivity index (χ0v) is 38.6. The summed E-state index contributed by atoms with van der Waals surface area (Å²) >= 11 is 0. The molecule has 8 rings (SSSR count). The van der Waals surface area contributed by atoms with Crippen LogP contribution in [0.5, 0.6) is 0 Å². The fourth-order valence-corrected chi connectivity index (χ4v) is 9.00. The maximum atomic E-state index is 13.6. The van der Waals surface area contributed by atoms with Crippen LogP contribution in [-0.4, -0.2) is 93.3 Å². The summed E-state index contributed by atoms with van der Waals surface area (Å²) in [6, 6.07) is 53.9. The molecule has 358 valence electrons. The van der Waals surface area contributed by atoms with E-state index in [2.05, 4.69) is 0 Å². The average molecular weight is 947 g/mol. The molecule has 2 N–H and O–H groups in total. The van der Waals surface area contributed by atoms with Crippen molar-refractivity contribution < 1.29 is 60.7 Å². The second-order valence-electron chi connectivity index (χ2n) is 16.8. The van der Waals surface area contributed by atoms with Gasteiger partial charge in [-0.1, -0.05) is 169 Å². The number of rotatable bonds is 22. The van der Waals surface area contributed by atoms with Gasteiger partial charge in [0.2, 0.25) is 0 Å². The fourth-order valence-electron chi connectivity index (χ4n) is 8.08. The Hall–Kier alpha value is -5.17. The Labute approximate surface area is 398 Å². The summed E-state index contributed by atoms with van der Waals surface area (Å²) in [4.78, 5) is -0.0571. The standard InChI is InChI=1S/C54H58O13S/c1-38-27-29-44(30-28-38)68(57,58)64-37-45-47(55)49(60-32-40-19-9-3-10-20-40)52(63-35-43-25-15-6-16-26-43)54(66-45)67-48-46(36-59-31-39-17-7-2-8-18-39)65-53(56)51(62-34-42-23-13-5-14-24-42)50(48)61-33-41-21-11-4-12-22-41/h2-30,45-56H,31-37H2,1H3/t45-,46-,47-,48-,49+,50+,51-,52-,53-,54+/m1/s1. The van der Waals surface area contributed by atoms with Gasteiger partial charge in [-0.3, -0.25) is 4.18 Å². The molecule has 0 bridgehead atoms. The number of benzene rings is 6. The van der Waals surface area contributed by atoms with Gasteiger partial charge in [0.15, 0.2) is 12.6 Å². The Morgan fingerprint density at radius 1 is 0.456 bits per heavy atom. The molecule has 2 fully saturated rings. The third kappa shape index (κ3) is 13.5. The van der Waals surface area contributed by atoms with Gasteiger partial charge in [0.1, 0.15) is 48.8 Å². The first-order valence-electron chi connectivity index (χ1n) is 22.7. The van der Waals surface area contributed by atoms with Crippen LogP contribution in [-0.2, 0) is 85.2 Å². The molecule has 0 amide bonds. The van der Waals surface area contributed by atoms with Crippen LogP contribution in [0.4, 0.5) is 0 Å². The minimum absolute atomic E-state index is 0.0571. The van der Waals surface area contributed by atoms with Crippen molar-refractivity contribution >= 4 is 10.1 Å². The molecule has 6 aromatic rings. The normalized spacial score (nSPS) is 25.2. The van der Waals surface area contributed by atoms with Gasteiger partial charge in [-0.2, -0.15) is 8.42 Å². The molecule has 2 aliphatic rings. The molecule has 0 radical (unpaired) electrons. The molecule has 13 nitrogen and oxygen atoms in total. The first-order chi connectivity index (χ1) is 33.2. The summed E-state index contributed by atoms with van der Waals surface area (Å²) in [5.41, 5.74) is 5.14. The van der Waals surface area contributed by atoms with Crippen molar-refractivity contribution in [2.45, 2.75) is 106 Å². The molecule has 2 heterocycles. The SMILES string of the molecule is Cc1ccc(S(=O)(=O)OC[C@H]2O[C@@H](O[C@H]3[C@H](OCc4ccccc4)[C@@H](OCc4ccccc4)[C@H](O)O[C@@H]3COCc3ccccc3)[C@H](OCc3ccccc3)[C@@H](OCc3ccccc3)[C@@H]2O)cc1. The molecule has 0 saturated carbocycles. The third-order valence-electron chi connectivity index (χ3n) is 11.8. The average Bonchev–Trinajstić information content (AvgIpc) is 3.37. The Morgan fingerprint density at radius 3 is 1.37 bits per heavy atom. The summed E-state index contributed by atoms with van der Waals surface area (Å²) in [5, 5.41) is 24.0. The lowest BCUT2D eigenvalue weighted by molar-refractivity contribution is -0.370. The van der Waals surface area contributed by atoms with Crippen LogP contribution in [0.15, 0.2) is 181 Å². The van der Waals surface area contributed by atoms with E-state index >= 15 is 0 Å². The summed E-state index contributed by atoms with van der Waals surface area (Å²) < 4.78 is 85.7. The molecule has 14 heteroatoms. The number of aliphatic hydroxyl groups excluding tert-OH is 2. The van der Waals surface area contributed by atoms with E-state index in [9.17, 15) is 18.6 Å². The van der Waals surface area contributed by atoms with Crippen LogP contribution >= 0.6 is 0 Å². The van der Waals surface area contributed by atoms with Crippen LogP contribution in [0.1, 0.15) is 33.4 Å². The van der Waals surface area contributed by atoms with Crippen LogP contribution in [0.25, 0.3) is 0 Å². The largest absolute Gasteiger partial charge is 0.387 e. The fraction of sp³-hybridized carbons (Fsp3) is 0.333. The highest BCUT2D eigenvalue weighted by Crippen LogP contribution is 2.35. The van der Waals surface area contributed by atoms with Gasteiger partial charge in [0.25, 0.3) is 10.1 Å². The Kier molecular flexibility index (Phi) is 17.7. The van der Waals surface area contributed by atoms with Gasteiger partial charge in [-0.15, -0.1) is 0 Å². The zero-order chi connectivity index (χ0) is 47.1. The van der Waals surface area contributed by atoms with E-state index in [-0.39, 0.29) is 44.5 Å². The monoisotopic (exact) mass is 946 g/mol. The van der Waals surface area contributed by atoms with Crippen molar-refractivity contribution in [1.29, 1.82) is 0 Å². The first-order valence-corrected chi connectivity index (χ1v) is 24.1. The van der Waals surface area contributed by atoms with Crippen molar-refractivity contribution in [3.05, 3.63) is 209 Å². The number of hydrogen-bond donors (Lipinski definition) is 2. The van der Waals surface area contributed by atoms with Crippen molar-refractivity contribution in [3.8, 4) is 0 Å². The predicted octanol–water partition coefficient (Wildman–Crippen LogP) is 7.45. The Morgan fingerprint density at radius 2 is 0.882 bits per heavy atom. The van der Waals surface area contributed by atoms with Crippen molar-refractivity contribution in [1.82, 2.24) is 0 Å². The summed E-state index contributed by atoms with van der Waals surface area (Å²) in [5.74, 6) is 0. The Balaban J connectivity index is 1.16. The van der Waals surface area contributed by atoms with Crippen molar-refractivity contribution in [2.24, 2.45) is 0 Å². The van der Waals surface area contributed by atoms with Gasteiger partial charge in [0, 0.05) is 0 Å². The second-order valence-corrected chi connectivity index (χ2v) is 18.4. The summed E-state index contributed by atoms with van der Waals surface area (Å²) in [7, 11) is -4.31. The van der Waals surface area contributed by atoms with Crippen molar-refractivity contribution in [3.63, 3.8) is 0 Å². The van der Waals surface area contributed by atoms with E-state index in [4.69, 9.17) is 42.1 Å². The highest BCUT2D eigenvalue weighted by atomic mass is 32.2. The molecular formula is C54H58O13S. The Bertz CT molecular complexity index is 2490. The lowest BCUT2D eigenvalue weighted by Gasteiger charge is -2.49. The van der Waals surface area contributed by atoms with E-state index in [1.807, 2.05) is 159 Å². The van der Waals surface area contributed by atoms with Gasteiger partial charge in [0.05, 0.1) is 51.1 Å². The molecular weight excluding hydrogens is 889 g/mol. The van der Waals surface area contributed by atoms with Crippen LogP contribution in [0.2, 0.25) is 0 Å². The lowest BCUT2D eigenvalue weighted by Crippen LogP contribution is -2.66. The van der Waals surface area contributed by atoms with Gasteiger partial charge >= 0.3 is 0 Å². The second kappa shape index (κ2) is 24.4. The van der Waals surface area contributed by atoms with Crippen LogP contribution < -0.4 is 0 Å². The van der Waals surface area contributed by atoms with Crippen LogP contribution in [0, 0.1) is 6.92 Å². The summed E-state index contributed by atoms with van der Waals surface area (Å²) in [6.45, 7) is 1.75. The molecule has 68 heavy (non-hydrogen) atoms. The topological polar surface area (TPSA) is 158 Å². The quantitative estimate of drug-likeness (QED) is 0.0648. The van der Waals surface area contributed by atoms with E-state index in [0.717, 1.165) is 33.4 Å². The highest BCUT2D eigenvalue weighted by Gasteiger charge is 2.54. The molecule has 0 aliphatic carbocycles. The molecule has 2 saturated heterocycles.